The molecule has 0 aromatic carbocycles. The van der Waals surface area contributed by atoms with Crippen LogP contribution in [0.1, 0.15) is 19.5 Å². The van der Waals surface area contributed by atoms with Gasteiger partial charge >= 0.3 is 0 Å². The van der Waals surface area contributed by atoms with Crippen LogP contribution in [-0.2, 0) is 0 Å². The molecule has 0 aliphatic heterocycles. The van der Waals surface area contributed by atoms with Gasteiger partial charge in [0.2, 0.25) is 0 Å². The molecular weight excluding hydrogens is 178 g/mol. The number of allylic oxidation sites excluding steroid dienone is 3. The van der Waals surface area contributed by atoms with Crippen molar-refractivity contribution < 1.29 is 0 Å². The van der Waals surface area contributed by atoms with E-state index in [4.69, 9.17) is 0 Å². The van der Waals surface area contributed by atoms with E-state index in [9.17, 15) is 0 Å². The van der Waals surface area contributed by atoms with Crippen molar-refractivity contribution in [2.75, 3.05) is 0 Å². The molecule has 0 radical (unpaired) electrons. The third-order valence-corrected chi connectivity index (χ3v) is 1.88. The van der Waals surface area contributed by atoms with Crippen molar-refractivity contribution in [2.45, 2.75) is 13.8 Å². The summed E-state index contributed by atoms with van der Waals surface area (Å²) in [4.78, 5) is 5.07. The average molecular weight is 191 g/mol. The van der Waals surface area contributed by atoms with Gasteiger partial charge in [-0.2, -0.15) is 0 Å². The molecule has 0 fully saturated rings. The second-order valence-electron chi connectivity index (χ2n) is 3.01. The molecule has 13 heavy (non-hydrogen) atoms. The van der Waals surface area contributed by atoms with Gasteiger partial charge in [0.25, 0.3) is 0 Å². The Morgan fingerprint density at radius 2 is 2.08 bits per heavy atom. The van der Waals surface area contributed by atoms with E-state index in [1.54, 1.807) is 6.20 Å². The lowest BCUT2D eigenvalue weighted by atomic mass is 10.2. The van der Waals surface area contributed by atoms with E-state index in [0.717, 1.165) is 10.6 Å². The number of aromatic nitrogens is 1. The van der Waals surface area contributed by atoms with E-state index >= 15 is 0 Å². The zero-order chi connectivity index (χ0) is 9.68. The van der Waals surface area contributed by atoms with Crippen LogP contribution in [0.15, 0.2) is 42.1 Å². The maximum absolute atomic E-state index is 4.35. The van der Waals surface area contributed by atoms with Gasteiger partial charge < -0.3 is 0 Å². The summed E-state index contributed by atoms with van der Waals surface area (Å²) >= 11 is 4.35. The Labute approximate surface area is 84.6 Å². The van der Waals surface area contributed by atoms with Crippen molar-refractivity contribution in [1.82, 2.24) is 4.98 Å². The molecular formula is C11H13NS. The average Bonchev–Trinajstić information content (AvgIpc) is 2.15. The van der Waals surface area contributed by atoms with Gasteiger partial charge in [-0.15, -0.1) is 12.6 Å². The highest BCUT2D eigenvalue weighted by Gasteiger charge is 1.93. The van der Waals surface area contributed by atoms with Crippen LogP contribution in [0.25, 0.3) is 4.91 Å². The van der Waals surface area contributed by atoms with Gasteiger partial charge in [0.1, 0.15) is 0 Å². The molecule has 68 valence electrons. The minimum Gasteiger partial charge on any atom is -0.256 e. The maximum atomic E-state index is 4.35. The van der Waals surface area contributed by atoms with E-state index in [0.29, 0.717) is 0 Å². The molecule has 1 heterocycles. The number of nitrogens with zero attached hydrogens (tertiary/aromatic N) is 1. The predicted octanol–water partition coefficient (Wildman–Crippen LogP) is 3.32. The van der Waals surface area contributed by atoms with Crippen molar-refractivity contribution in [1.29, 1.82) is 0 Å². The molecule has 0 spiro atoms. The Morgan fingerprint density at radius 3 is 2.62 bits per heavy atom. The summed E-state index contributed by atoms with van der Waals surface area (Å²) in [5.41, 5.74) is 2.16. The second-order valence-corrected chi connectivity index (χ2v) is 3.49. The summed E-state index contributed by atoms with van der Waals surface area (Å²) in [5.74, 6) is 0. The quantitative estimate of drug-likeness (QED) is 0.559. The lowest BCUT2D eigenvalue weighted by Gasteiger charge is -1.96. The Hall–Kier alpha value is -1.02. The molecule has 0 amide bonds. The summed E-state index contributed by atoms with van der Waals surface area (Å²) in [7, 11) is 0. The molecule has 1 nitrogen and oxygen atoms in total. The molecule has 2 heteroatoms. The van der Waals surface area contributed by atoms with Crippen LogP contribution in [0.4, 0.5) is 0 Å². The number of thiol groups is 1. The summed E-state index contributed by atoms with van der Waals surface area (Å²) in [6, 6.07) is 5.79. The molecule has 1 aromatic rings. The molecule has 0 unspecified atom stereocenters. The van der Waals surface area contributed by atoms with Crippen molar-refractivity contribution in [2.24, 2.45) is 0 Å². The molecule has 0 atom stereocenters. The predicted molar refractivity (Wildman–Crippen MR) is 60.6 cm³/mol. The Morgan fingerprint density at radius 1 is 1.31 bits per heavy atom. The van der Waals surface area contributed by atoms with Gasteiger partial charge in [-0.05, 0) is 32.1 Å². The molecule has 0 aliphatic carbocycles. The molecule has 0 saturated carbocycles. The third kappa shape index (κ3) is 3.47. The number of pyridine rings is 1. The minimum absolute atomic E-state index is 0.891. The summed E-state index contributed by atoms with van der Waals surface area (Å²) < 4.78 is 0. The fourth-order valence-electron chi connectivity index (χ4n) is 0.845. The highest BCUT2D eigenvalue weighted by molar-refractivity contribution is 7.90. The standard InChI is InChI=1S/C11H13NS/c1-9(2)6-7-11(13)10-5-3-4-8-12-10/h3-8,13H,1-2H3/b11-7-. The van der Waals surface area contributed by atoms with Crippen LogP contribution in [0.2, 0.25) is 0 Å². The zero-order valence-corrected chi connectivity index (χ0v) is 8.75. The SMILES string of the molecule is CC(C)=C/C=C(\S)c1ccccn1. The molecule has 0 N–H and O–H groups in total. The van der Waals surface area contributed by atoms with Crippen LogP contribution >= 0.6 is 12.6 Å². The molecule has 1 aromatic heterocycles. The fourth-order valence-corrected chi connectivity index (χ4v) is 1.05. The van der Waals surface area contributed by atoms with Crippen molar-refractivity contribution in [3.63, 3.8) is 0 Å². The third-order valence-electron chi connectivity index (χ3n) is 1.50. The molecule has 0 aliphatic rings. The normalized spacial score (nSPS) is 11.2. The summed E-state index contributed by atoms with van der Waals surface area (Å²) in [6.07, 6.45) is 5.75. The Kier molecular flexibility index (Phi) is 3.77. The lowest BCUT2D eigenvalue weighted by molar-refractivity contribution is 1.29. The number of hydrogen-bond acceptors (Lipinski definition) is 2. The van der Waals surface area contributed by atoms with Gasteiger partial charge in [0, 0.05) is 11.1 Å². The first kappa shape index (κ1) is 10.1. The smallest absolute Gasteiger partial charge is 0.0762 e. The first-order valence-corrected chi connectivity index (χ1v) is 4.60. The zero-order valence-electron chi connectivity index (χ0n) is 7.86. The molecule has 0 saturated heterocycles. The highest BCUT2D eigenvalue weighted by Crippen LogP contribution is 2.15. The van der Waals surface area contributed by atoms with Gasteiger partial charge in [-0.3, -0.25) is 4.98 Å². The maximum Gasteiger partial charge on any atom is 0.0762 e. The van der Waals surface area contributed by atoms with Gasteiger partial charge in [0.05, 0.1) is 5.69 Å². The monoisotopic (exact) mass is 191 g/mol. The first-order chi connectivity index (χ1) is 6.20. The molecule has 0 bridgehead atoms. The summed E-state index contributed by atoms with van der Waals surface area (Å²) in [5, 5.41) is 0. The lowest BCUT2D eigenvalue weighted by Crippen LogP contribution is -1.80. The first-order valence-electron chi connectivity index (χ1n) is 4.15. The van der Waals surface area contributed by atoms with E-state index in [1.807, 2.05) is 30.4 Å². The van der Waals surface area contributed by atoms with Crippen LogP contribution in [0, 0.1) is 0 Å². The van der Waals surface area contributed by atoms with E-state index in [-0.39, 0.29) is 0 Å². The van der Waals surface area contributed by atoms with E-state index in [1.165, 1.54) is 5.57 Å². The summed E-state index contributed by atoms with van der Waals surface area (Å²) in [6.45, 7) is 4.10. The van der Waals surface area contributed by atoms with E-state index in [2.05, 4.69) is 31.5 Å². The number of rotatable bonds is 2. The highest BCUT2D eigenvalue weighted by atomic mass is 32.1. The Balaban J connectivity index is 2.86. The van der Waals surface area contributed by atoms with Gasteiger partial charge in [-0.1, -0.05) is 17.7 Å². The van der Waals surface area contributed by atoms with Crippen LogP contribution in [0.3, 0.4) is 0 Å². The van der Waals surface area contributed by atoms with Gasteiger partial charge in [0.15, 0.2) is 0 Å². The minimum atomic E-state index is 0.891. The van der Waals surface area contributed by atoms with Crippen LogP contribution in [0.5, 0.6) is 0 Å². The van der Waals surface area contributed by atoms with Crippen LogP contribution < -0.4 is 0 Å². The van der Waals surface area contributed by atoms with Gasteiger partial charge in [-0.25, -0.2) is 0 Å². The van der Waals surface area contributed by atoms with Crippen LogP contribution in [-0.4, -0.2) is 4.98 Å². The van der Waals surface area contributed by atoms with Crippen molar-refractivity contribution >= 4 is 17.5 Å². The topological polar surface area (TPSA) is 12.9 Å². The number of hydrogen-bond donors (Lipinski definition) is 1. The Bertz CT molecular complexity index is 321. The van der Waals surface area contributed by atoms with Crippen molar-refractivity contribution in [3.8, 4) is 0 Å². The molecule has 1 rings (SSSR count). The second kappa shape index (κ2) is 4.87. The largest absolute Gasteiger partial charge is 0.256 e. The fraction of sp³-hybridized carbons (Fsp3) is 0.182. The van der Waals surface area contributed by atoms with E-state index < -0.39 is 0 Å². The van der Waals surface area contributed by atoms with Crippen molar-refractivity contribution in [3.05, 3.63) is 47.8 Å².